The number of nitrogens with one attached hydrogen (secondary N) is 2. The van der Waals surface area contributed by atoms with Gasteiger partial charge in [-0.15, -0.1) is 0 Å². The molecule has 146 valence electrons. The molecule has 3 rings (SSSR count). The first-order valence-corrected chi connectivity index (χ1v) is 8.72. The number of halogens is 4. The van der Waals surface area contributed by atoms with Gasteiger partial charge in [0.1, 0.15) is 5.69 Å². The normalized spacial score (nSPS) is 20.3. The van der Waals surface area contributed by atoms with Gasteiger partial charge in [-0.05, 0) is 43.5 Å². The number of rotatable bonds is 5. The van der Waals surface area contributed by atoms with Crippen LogP contribution in [0.1, 0.15) is 25.7 Å². The molecular weight excluding hydrogens is 364 g/mol. The molecule has 1 saturated carbocycles. The fourth-order valence-electron chi connectivity index (χ4n) is 3.29. The van der Waals surface area contributed by atoms with E-state index >= 15 is 0 Å². The zero-order valence-corrected chi connectivity index (χ0v) is 14.5. The van der Waals surface area contributed by atoms with E-state index in [0.29, 0.717) is 18.5 Å². The Morgan fingerprint density at radius 3 is 2.78 bits per heavy atom. The van der Waals surface area contributed by atoms with Gasteiger partial charge in [-0.25, -0.2) is 9.07 Å². The van der Waals surface area contributed by atoms with Gasteiger partial charge in [0.15, 0.2) is 5.82 Å². The molecule has 2 aromatic rings. The van der Waals surface area contributed by atoms with Gasteiger partial charge in [0.25, 0.3) is 0 Å². The summed E-state index contributed by atoms with van der Waals surface area (Å²) in [7, 11) is 0. The molecule has 0 aliphatic heterocycles. The number of anilines is 1. The maximum absolute atomic E-state index is 14.2. The molecule has 0 unspecified atom stereocenters. The van der Waals surface area contributed by atoms with E-state index in [1.54, 1.807) is 18.3 Å². The van der Waals surface area contributed by atoms with E-state index < -0.39 is 29.9 Å². The molecule has 9 heteroatoms. The van der Waals surface area contributed by atoms with Gasteiger partial charge < -0.3 is 10.6 Å². The van der Waals surface area contributed by atoms with Crippen LogP contribution in [0.3, 0.4) is 0 Å². The zero-order valence-electron chi connectivity index (χ0n) is 14.5. The minimum atomic E-state index is -4.23. The topological polar surface area (TPSA) is 59.0 Å². The van der Waals surface area contributed by atoms with Crippen molar-refractivity contribution in [3.63, 3.8) is 0 Å². The molecular formula is C18H20F4N4O. The fraction of sp³-hybridized carbons (Fsp3) is 0.444. The average Bonchev–Trinajstić information content (AvgIpc) is 3.14. The summed E-state index contributed by atoms with van der Waals surface area (Å²) in [5, 5.41) is 9.37. The van der Waals surface area contributed by atoms with Gasteiger partial charge in [-0.2, -0.15) is 18.3 Å². The van der Waals surface area contributed by atoms with Crippen molar-refractivity contribution in [2.75, 3.05) is 11.9 Å². The van der Waals surface area contributed by atoms with Crippen LogP contribution in [-0.2, 0) is 4.79 Å². The predicted octanol–water partition coefficient (Wildman–Crippen LogP) is 3.66. The van der Waals surface area contributed by atoms with E-state index in [9.17, 15) is 22.4 Å². The third kappa shape index (κ3) is 4.99. The molecule has 5 nitrogen and oxygen atoms in total. The molecule has 2 atom stereocenters. The lowest BCUT2D eigenvalue weighted by atomic mass is 9.85. The minimum absolute atomic E-state index is 0.0948. The summed E-state index contributed by atoms with van der Waals surface area (Å²) < 4.78 is 54.0. The van der Waals surface area contributed by atoms with Crippen LogP contribution in [0.5, 0.6) is 0 Å². The lowest BCUT2D eigenvalue weighted by molar-refractivity contribution is -0.184. The minimum Gasteiger partial charge on any atom is -0.376 e. The van der Waals surface area contributed by atoms with Crippen molar-refractivity contribution in [3.05, 3.63) is 42.5 Å². The number of nitrogens with zero attached hydrogens (tertiary/aromatic N) is 2. The Bertz CT molecular complexity index is 776. The molecule has 1 aliphatic carbocycles. The van der Waals surface area contributed by atoms with Crippen molar-refractivity contribution in [1.29, 1.82) is 0 Å². The molecule has 1 aliphatic rings. The highest BCUT2D eigenvalue weighted by molar-refractivity contribution is 5.81. The molecule has 1 aromatic carbocycles. The molecule has 0 saturated heterocycles. The molecule has 2 N–H and O–H groups in total. The van der Waals surface area contributed by atoms with Crippen LogP contribution < -0.4 is 10.6 Å². The number of benzene rings is 1. The monoisotopic (exact) mass is 384 g/mol. The fourth-order valence-corrected chi connectivity index (χ4v) is 3.29. The van der Waals surface area contributed by atoms with Crippen LogP contribution >= 0.6 is 0 Å². The maximum Gasteiger partial charge on any atom is 0.391 e. The van der Waals surface area contributed by atoms with Crippen LogP contribution in [0.4, 0.5) is 23.2 Å². The summed E-state index contributed by atoms with van der Waals surface area (Å²) in [4.78, 5) is 12.0. The van der Waals surface area contributed by atoms with Gasteiger partial charge in [0.2, 0.25) is 5.91 Å². The summed E-state index contributed by atoms with van der Waals surface area (Å²) in [6.45, 7) is -0.145. The zero-order chi connectivity index (χ0) is 19.4. The van der Waals surface area contributed by atoms with Crippen molar-refractivity contribution < 1.29 is 22.4 Å². The molecule has 1 aromatic heterocycles. The van der Waals surface area contributed by atoms with E-state index in [0.717, 1.165) is 0 Å². The Morgan fingerprint density at radius 2 is 2.11 bits per heavy atom. The SMILES string of the molecule is O=C(CNc1ccc(-n2cccn2)c(F)c1)N[C@H]1CCC[C@@H](C(F)(F)F)C1. The molecule has 0 bridgehead atoms. The first-order chi connectivity index (χ1) is 12.8. The van der Waals surface area contributed by atoms with Crippen molar-refractivity contribution >= 4 is 11.6 Å². The van der Waals surface area contributed by atoms with Crippen LogP contribution in [0, 0.1) is 11.7 Å². The largest absolute Gasteiger partial charge is 0.391 e. The van der Waals surface area contributed by atoms with Crippen molar-refractivity contribution in [1.82, 2.24) is 15.1 Å². The highest BCUT2D eigenvalue weighted by atomic mass is 19.4. The number of hydrogen-bond donors (Lipinski definition) is 2. The molecule has 1 fully saturated rings. The Kier molecular flexibility index (Phi) is 5.67. The molecule has 1 heterocycles. The lowest BCUT2D eigenvalue weighted by Crippen LogP contribution is -2.43. The van der Waals surface area contributed by atoms with Crippen LogP contribution in [0.2, 0.25) is 0 Å². The van der Waals surface area contributed by atoms with E-state index in [-0.39, 0.29) is 25.1 Å². The second-order valence-corrected chi connectivity index (χ2v) is 6.64. The van der Waals surface area contributed by atoms with Crippen molar-refractivity contribution in [2.24, 2.45) is 5.92 Å². The van der Waals surface area contributed by atoms with E-state index in [2.05, 4.69) is 15.7 Å². The number of alkyl halides is 3. The number of carbonyl (C=O) groups is 1. The summed E-state index contributed by atoms with van der Waals surface area (Å²) in [6.07, 6.45) is -0.107. The van der Waals surface area contributed by atoms with E-state index in [4.69, 9.17) is 0 Å². The number of hydrogen-bond acceptors (Lipinski definition) is 3. The van der Waals surface area contributed by atoms with Crippen LogP contribution in [0.15, 0.2) is 36.7 Å². The smallest absolute Gasteiger partial charge is 0.376 e. The van der Waals surface area contributed by atoms with Crippen LogP contribution in [0.25, 0.3) is 5.69 Å². The van der Waals surface area contributed by atoms with Gasteiger partial charge in [0, 0.05) is 24.1 Å². The van der Waals surface area contributed by atoms with Gasteiger partial charge in [0.05, 0.1) is 12.5 Å². The third-order valence-corrected chi connectivity index (χ3v) is 4.65. The van der Waals surface area contributed by atoms with Crippen molar-refractivity contribution in [3.8, 4) is 5.69 Å². The van der Waals surface area contributed by atoms with Gasteiger partial charge >= 0.3 is 6.18 Å². The highest BCUT2D eigenvalue weighted by Gasteiger charge is 2.42. The van der Waals surface area contributed by atoms with Gasteiger partial charge in [-0.1, -0.05) is 6.42 Å². The Hall–Kier alpha value is -2.58. The first kappa shape index (κ1) is 19.2. The second kappa shape index (κ2) is 7.98. The summed E-state index contributed by atoms with van der Waals surface area (Å²) >= 11 is 0. The summed E-state index contributed by atoms with van der Waals surface area (Å²) in [6, 6.07) is 5.55. The Labute approximate surface area is 153 Å². The summed E-state index contributed by atoms with van der Waals surface area (Å²) in [5.74, 6) is -2.29. The maximum atomic E-state index is 14.2. The van der Waals surface area contributed by atoms with Crippen LogP contribution in [-0.4, -0.2) is 34.5 Å². The van der Waals surface area contributed by atoms with E-state index in [1.807, 2.05) is 0 Å². The Morgan fingerprint density at radius 1 is 1.30 bits per heavy atom. The summed E-state index contributed by atoms with van der Waals surface area (Å²) in [5.41, 5.74) is 0.672. The molecule has 0 spiro atoms. The average molecular weight is 384 g/mol. The van der Waals surface area contributed by atoms with E-state index in [1.165, 1.54) is 23.0 Å². The number of amides is 1. The molecule has 27 heavy (non-hydrogen) atoms. The number of carbonyl (C=O) groups excluding carboxylic acids is 1. The lowest BCUT2D eigenvalue weighted by Gasteiger charge is -2.31. The Balaban J connectivity index is 1.51. The molecule has 1 amide bonds. The number of aromatic nitrogens is 2. The first-order valence-electron chi connectivity index (χ1n) is 8.72. The highest BCUT2D eigenvalue weighted by Crippen LogP contribution is 2.37. The standard InChI is InChI=1S/C18H20F4N4O/c19-15-10-13(5-6-16(15)26-8-2-7-24-26)23-11-17(27)25-14-4-1-3-12(9-14)18(20,21)22/h2,5-8,10,12,14,23H,1,3-4,9,11H2,(H,25,27)/t12-,14+/m1/s1. The van der Waals surface area contributed by atoms with Crippen molar-refractivity contribution in [2.45, 2.75) is 37.9 Å². The molecule has 0 radical (unpaired) electrons. The predicted molar refractivity (Wildman–Crippen MR) is 92.0 cm³/mol. The second-order valence-electron chi connectivity index (χ2n) is 6.64. The quantitative estimate of drug-likeness (QED) is 0.774. The third-order valence-electron chi connectivity index (χ3n) is 4.65. The van der Waals surface area contributed by atoms with Gasteiger partial charge in [-0.3, -0.25) is 4.79 Å².